The van der Waals surface area contributed by atoms with E-state index in [0.717, 1.165) is 15.3 Å². The molecule has 110 valence electrons. The Labute approximate surface area is 130 Å². The number of benzene rings is 2. The summed E-state index contributed by atoms with van der Waals surface area (Å²) in [6, 6.07) is 11.7. The van der Waals surface area contributed by atoms with Crippen molar-refractivity contribution < 1.29 is 13.9 Å². The number of carbonyl (C=O) groups excluding carboxylic acids is 1. The number of methoxy groups -OCH3 is 1. The van der Waals surface area contributed by atoms with Gasteiger partial charge in [-0.15, -0.1) is 11.3 Å². The van der Waals surface area contributed by atoms with Gasteiger partial charge >= 0.3 is 5.97 Å². The van der Waals surface area contributed by atoms with Crippen molar-refractivity contribution in [1.82, 2.24) is 4.98 Å². The first-order chi connectivity index (χ1) is 10.7. The third kappa shape index (κ3) is 3.04. The number of fused-ring (bicyclic) bond motifs is 1. The van der Waals surface area contributed by atoms with Crippen molar-refractivity contribution in [3.63, 3.8) is 0 Å². The molecule has 22 heavy (non-hydrogen) atoms. The Bertz CT molecular complexity index is 870. The number of ether oxygens (including phenoxy) is 1. The molecular weight excluding hydrogens is 301 g/mol. The van der Waals surface area contributed by atoms with E-state index in [9.17, 15) is 9.18 Å². The van der Waals surface area contributed by atoms with Crippen molar-refractivity contribution in [2.45, 2.75) is 0 Å². The van der Waals surface area contributed by atoms with Crippen LogP contribution >= 0.6 is 11.3 Å². The van der Waals surface area contributed by atoms with Crippen LogP contribution in [0.15, 0.2) is 42.5 Å². The highest BCUT2D eigenvalue weighted by atomic mass is 32.1. The molecule has 5 heteroatoms. The summed E-state index contributed by atoms with van der Waals surface area (Å²) in [5.74, 6) is -0.662. The van der Waals surface area contributed by atoms with Gasteiger partial charge in [0.15, 0.2) is 0 Å². The maximum absolute atomic E-state index is 13.2. The van der Waals surface area contributed by atoms with Crippen LogP contribution in [-0.2, 0) is 4.74 Å². The molecule has 0 aliphatic carbocycles. The fourth-order valence-electron chi connectivity index (χ4n) is 2.04. The zero-order chi connectivity index (χ0) is 15.5. The van der Waals surface area contributed by atoms with Gasteiger partial charge in [0, 0.05) is 6.07 Å². The summed E-state index contributed by atoms with van der Waals surface area (Å²) in [6.45, 7) is 0. The Morgan fingerprint density at radius 2 is 2.09 bits per heavy atom. The van der Waals surface area contributed by atoms with Gasteiger partial charge in [0.1, 0.15) is 10.8 Å². The molecule has 1 aromatic heterocycles. The summed E-state index contributed by atoms with van der Waals surface area (Å²) in [5, 5.41) is 0.782. The van der Waals surface area contributed by atoms with Crippen LogP contribution in [0.1, 0.15) is 20.9 Å². The second-order valence-corrected chi connectivity index (χ2v) is 5.68. The Kier molecular flexibility index (Phi) is 3.98. The van der Waals surface area contributed by atoms with Crippen LogP contribution in [-0.4, -0.2) is 18.1 Å². The van der Waals surface area contributed by atoms with Gasteiger partial charge in [-0.1, -0.05) is 18.2 Å². The second-order valence-electron chi connectivity index (χ2n) is 4.61. The van der Waals surface area contributed by atoms with Crippen molar-refractivity contribution in [2.75, 3.05) is 7.11 Å². The van der Waals surface area contributed by atoms with Crippen molar-refractivity contribution in [2.24, 2.45) is 0 Å². The van der Waals surface area contributed by atoms with Gasteiger partial charge in [0.25, 0.3) is 0 Å². The number of thiazole rings is 1. The van der Waals surface area contributed by atoms with Gasteiger partial charge in [-0.25, -0.2) is 14.2 Å². The quantitative estimate of drug-likeness (QED) is 0.673. The topological polar surface area (TPSA) is 39.2 Å². The fraction of sp³-hybridized carbons (Fsp3) is 0.0588. The highest BCUT2D eigenvalue weighted by Crippen LogP contribution is 2.24. The molecule has 0 atom stereocenters. The lowest BCUT2D eigenvalue weighted by atomic mass is 10.1. The standard InChI is InChI=1S/C17H12FNO2S/c1-21-17(20)12-4-2-3-11(9-12)5-8-16-19-14-10-13(18)6-7-15(14)22-16/h2-10H,1H3/b8-5+. The SMILES string of the molecule is COC(=O)c1cccc(/C=C/c2nc3cc(F)ccc3s2)c1. The minimum absolute atomic E-state index is 0.292. The van der Waals surface area contributed by atoms with Crippen LogP contribution in [0.4, 0.5) is 4.39 Å². The number of nitrogens with zero attached hydrogens (tertiary/aromatic N) is 1. The van der Waals surface area contributed by atoms with E-state index in [4.69, 9.17) is 4.74 Å². The first-order valence-corrected chi connectivity index (χ1v) is 7.40. The zero-order valence-electron chi connectivity index (χ0n) is 11.7. The average Bonchev–Trinajstić information content (AvgIpc) is 2.94. The van der Waals surface area contributed by atoms with E-state index in [1.807, 2.05) is 18.2 Å². The highest BCUT2D eigenvalue weighted by Gasteiger charge is 2.05. The first kappa shape index (κ1) is 14.4. The molecule has 3 nitrogen and oxygen atoms in total. The molecule has 0 aliphatic rings. The molecule has 2 aromatic carbocycles. The van der Waals surface area contributed by atoms with Gasteiger partial charge in [0.2, 0.25) is 0 Å². The predicted molar refractivity (Wildman–Crippen MR) is 86.3 cm³/mol. The number of aromatic nitrogens is 1. The molecule has 1 heterocycles. The van der Waals surface area contributed by atoms with Crippen LogP contribution in [0.2, 0.25) is 0 Å². The van der Waals surface area contributed by atoms with E-state index in [0.29, 0.717) is 11.1 Å². The zero-order valence-corrected chi connectivity index (χ0v) is 12.6. The van der Waals surface area contributed by atoms with Gasteiger partial charge < -0.3 is 4.74 Å². The number of rotatable bonds is 3. The molecule has 0 amide bonds. The molecule has 0 spiro atoms. The molecule has 0 N–H and O–H groups in total. The molecule has 0 fully saturated rings. The van der Waals surface area contributed by atoms with Crippen LogP contribution in [0.3, 0.4) is 0 Å². The lowest BCUT2D eigenvalue weighted by molar-refractivity contribution is 0.0600. The third-order valence-corrected chi connectivity index (χ3v) is 4.09. The Balaban J connectivity index is 1.87. The summed E-state index contributed by atoms with van der Waals surface area (Å²) in [7, 11) is 1.35. The second kappa shape index (κ2) is 6.07. The van der Waals surface area contributed by atoms with E-state index in [1.54, 1.807) is 24.3 Å². The first-order valence-electron chi connectivity index (χ1n) is 6.58. The molecule has 0 saturated heterocycles. The minimum Gasteiger partial charge on any atom is -0.465 e. The van der Waals surface area contributed by atoms with Crippen LogP contribution in [0, 0.1) is 5.82 Å². The lowest BCUT2D eigenvalue weighted by Crippen LogP contribution is -2.00. The van der Waals surface area contributed by atoms with Gasteiger partial charge in [-0.2, -0.15) is 0 Å². The third-order valence-electron chi connectivity index (χ3n) is 3.09. The summed E-state index contributed by atoms with van der Waals surface area (Å²) < 4.78 is 18.8. The largest absolute Gasteiger partial charge is 0.465 e. The van der Waals surface area contributed by atoms with E-state index < -0.39 is 0 Å². The van der Waals surface area contributed by atoms with Crippen molar-refractivity contribution in [3.05, 3.63) is 64.4 Å². The molecule has 3 rings (SSSR count). The Morgan fingerprint density at radius 1 is 1.23 bits per heavy atom. The maximum Gasteiger partial charge on any atom is 0.337 e. The molecule has 0 aliphatic heterocycles. The summed E-state index contributed by atoms with van der Waals surface area (Å²) in [4.78, 5) is 15.9. The molecule has 0 unspecified atom stereocenters. The van der Waals surface area contributed by atoms with E-state index in [1.165, 1.54) is 30.6 Å². The molecule has 0 bridgehead atoms. The highest BCUT2D eigenvalue weighted by molar-refractivity contribution is 7.19. The number of carbonyl (C=O) groups is 1. The number of hydrogen-bond donors (Lipinski definition) is 0. The van der Waals surface area contributed by atoms with E-state index in [2.05, 4.69) is 4.98 Å². The van der Waals surface area contributed by atoms with Gasteiger partial charge in [0.05, 0.1) is 22.9 Å². The molecular formula is C17H12FNO2S. The predicted octanol–water partition coefficient (Wildman–Crippen LogP) is 4.39. The summed E-state index contributed by atoms with van der Waals surface area (Å²) >= 11 is 1.48. The normalized spacial score (nSPS) is 11.2. The van der Waals surface area contributed by atoms with E-state index in [-0.39, 0.29) is 11.8 Å². The maximum atomic E-state index is 13.2. The van der Waals surface area contributed by atoms with Crippen molar-refractivity contribution >= 4 is 39.7 Å². The van der Waals surface area contributed by atoms with Crippen LogP contribution < -0.4 is 0 Å². The minimum atomic E-state index is -0.370. The van der Waals surface area contributed by atoms with Crippen molar-refractivity contribution in [3.8, 4) is 0 Å². The monoisotopic (exact) mass is 313 g/mol. The average molecular weight is 313 g/mol. The number of esters is 1. The number of halogens is 1. The van der Waals surface area contributed by atoms with Gasteiger partial charge in [-0.3, -0.25) is 0 Å². The van der Waals surface area contributed by atoms with Gasteiger partial charge in [-0.05, 0) is 35.9 Å². The number of hydrogen-bond acceptors (Lipinski definition) is 4. The molecule has 0 radical (unpaired) electrons. The molecule has 3 aromatic rings. The van der Waals surface area contributed by atoms with Crippen molar-refractivity contribution in [1.29, 1.82) is 0 Å². The Morgan fingerprint density at radius 3 is 2.91 bits per heavy atom. The fourth-order valence-corrected chi connectivity index (χ4v) is 2.89. The summed E-state index contributed by atoms with van der Waals surface area (Å²) in [6.07, 6.45) is 3.71. The van der Waals surface area contributed by atoms with E-state index >= 15 is 0 Å². The van der Waals surface area contributed by atoms with Crippen LogP contribution in [0.5, 0.6) is 0 Å². The summed E-state index contributed by atoms with van der Waals surface area (Å²) in [5.41, 5.74) is 2.01. The smallest absolute Gasteiger partial charge is 0.337 e. The molecule has 0 saturated carbocycles. The Hall–Kier alpha value is -2.53. The lowest BCUT2D eigenvalue weighted by Gasteiger charge is -1.99. The van der Waals surface area contributed by atoms with Crippen LogP contribution in [0.25, 0.3) is 22.4 Å².